The van der Waals surface area contributed by atoms with Crippen molar-refractivity contribution in [3.05, 3.63) is 82.9 Å². The highest BCUT2D eigenvalue weighted by Crippen LogP contribution is 2.40. The van der Waals surface area contributed by atoms with E-state index in [2.05, 4.69) is 47.6 Å². The first kappa shape index (κ1) is 23.8. The summed E-state index contributed by atoms with van der Waals surface area (Å²) in [7, 11) is -1.25. The topological polar surface area (TPSA) is 61.1 Å². The Labute approximate surface area is 194 Å². The number of nitrogens with zero attached hydrogens (tertiary/aromatic N) is 1. The van der Waals surface area contributed by atoms with Crippen molar-refractivity contribution in [1.29, 1.82) is 5.26 Å². The van der Waals surface area contributed by atoms with Gasteiger partial charge in [-0.1, -0.05) is 84.0 Å². The summed E-state index contributed by atoms with van der Waals surface area (Å²) < 4.78 is 13.3. The van der Waals surface area contributed by atoms with Crippen LogP contribution in [0.4, 0.5) is 0 Å². The third-order valence-corrected chi connectivity index (χ3v) is 6.93. The van der Waals surface area contributed by atoms with Crippen LogP contribution in [0.25, 0.3) is 11.1 Å². The lowest BCUT2D eigenvalue weighted by Crippen LogP contribution is -2.18. The summed E-state index contributed by atoms with van der Waals surface area (Å²) >= 11 is 0. The van der Waals surface area contributed by atoms with E-state index in [0.29, 0.717) is 17.1 Å². The molecule has 166 valence electrons. The van der Waals surface area contributed by atoms with E-state index in [-0.39, 0.29) is 10.8 Å². The van der Waals surface area contributed by atoms with Crippen LogP contribution in [0, 0.1) is 11.3 Å². The first-order valence-corrected chi connectivity index (χ1v) is 12.1. The zero-order valence-electron chi connectivity index (χ0n) is 19.7. The SMILES string of the molecule is CC(C)(C)c1cc(S(=O)Cc2ccc(-c3ccccc3C#N)cc2)cc(C(C)(C)C)c1O. The Morgan fingerprint density at radius 1 is 0.875 bits per heavy atom. The average Bonchev–Trinajstić information content (AvgIpc) is 2.72. The molecule has 3 rings (SSSR count). The lowest BCUT2D eigenvalue weighted by Gasteiger charge is -2.28. The molecule has 32 heavy (non-hydrogen) atoms. The van der Waals surface area contributed by atoms with E-state index in [1.54, 1.807) is 0 Å². The normalized spacial score (nSPS) is 12.9. The fraction of sp³-hybridized carbons (Fsp3) is 0.321. The Hall–Kier alpha value is -2.90. The molecule has 1 atom stereocenters. The molecular weight excluding hydrogens is 414 g/mol. The molecule has 0 radical (unpaired) electrons. The Bertz CT molecular complexity index is 1150. The monoisotopic (exact) mass is 445 g/mol. The molecule has 1 unspecified atom stereocenters. The maximum absolute atomic E-state index is 13.3. The van der Waals surface area contributed by atoms with Gasteiger partial charge in [-0.3, -0.25) is 4.21 Å². The van der Waals surface area contributed by atoms with Crippen LogP contribution in [0.15, 0.2) is 65.6 Å². The number of aromatic hydroxyl groups is 1. The predicted molar refractivity (Wildman–Crippen MR) is 132 cm³/mol. The van der Waals surface area contributed by atoms with Gasteiger partial charge in [0.15, 0.2) is 0 Å². The molecule has 0 fully saturated rings. The maximum atomic E-state index is 13.3. The van der Waals surface area contributed by atoms with Crippen molar-refractivity contribution in [2.24, 2.45) is 0 Å². The Balaban J connectivity index is 1.93. The largest absolute Gasteiger partial charge is 0.507 e. The molecule has 0 aromatic heterocycles. The van der Waals surface area contributed by atoms with Crippen molar-refractivity contribution in [2.45, 2.75) is 63.0 Å². The van der Waals surface area contributed by atoms with E-state index in [4.69, 9.17) is 0 Å². The average molecular weight is 446 g/mol. The van der Waals surface area contributed by atoms with E-state index in [0.717, 1.165) is 32.7 Å². The van der Waals surface area contributed by atoms with Crippen molar-refractivity contribution in [3.8, 4) is 22.9 Å². The van der Waals surface area contributed by atoms with Crippen LogP contribution in [0.3, 0.4) is 0 Å². The standard InChI is InChI=1S/C28H31NO2S/c1-27(2,3)24-15-22(16-25(26(24)30)28(4,5)6)32(31)18-19-11-13-20(14-12-19)23-10-8-7-9-21(23)17-29/h7-16,30H,18H2,1-6H3. The zero-order chi connectivity index (χ0) is 23.7. The van der Waals surface area contributed by atoms with Gasteiger partial charge in [0, 0.05) is 16.0 Å². The molecule has 3 nitrogen and oxygen atoms in total. The summed E-state index contributed by atoms with van der Waals surface area (Å²) in [5.41, 5.74) is 4.56. The summed E-state index contributed by atoms with van der Waals surface area (Å²) in [4.78, 5) is 0.733. The molecule has 0 aliphatic carbocycles. The van der Waals surface area contributed by atoms with Gasteiger partial charge in [0.25, 0.3) is 0 Å². The second-order valence-electron chi connectivity index (χ2n) is 10.2. The maximum Gasteiger partial charge on any atom is 0.123 e. The molecule has 3 aromatic carbocycles. The van der Waals surface area contributed by atoms with Gasteiger partial charge in [0.1, 0.15) is 5.75 Å². The highest BCUT2D eigenvalue weighted by atomic mass is 32.2. The van der Waals surface area contributed by atoms with E-state index in [1.807, 2.05) is 60.7 Å². The number of phenols is 1. The number of benzene rings is 3. The molecule has 4 heteroatoms. The number of rotatable bonds is 4. The van der Waals surface area contributed by atoms with Gasteiger partial charge >= 0.3 is 0 Å². The van der Waals surface area contributed by atoms with Gasteiger partial charge in [0.2, 0.25) is 0 Å². The van der Waals surface area contributed by atoms with Crippen LogP contribution >= 0.6 is 0 Å². The minimum absolute atomic E-state index is 0.264. The van der Waals surface area contributed by atoms with Gasteiger partial charge in [-0.05, 0) is 45.7 Å². The fourth-order valence-electron chi connectivity index (χ4n) is 3.73. The van der Waals surface area contributed by atoms with Crippen LogP contribution < -0.4 is 0 Å². The second kappa shape index (κ2) is 8.92. The van der Waals surface area contributed by atoms with Crippen molar-refractivity contribution >= 4 is 10.8 Å². The molecule has 0 bridgehead atoms. The van der Waals surface area contributed by atoms with E-state index in [1.165, 1.54) is 0 Å². The summed E-state index contributed by atoms with van der Waals surface area (Å²) in [5.74, 6) is 0.684. The fourth-order valence-corrected chi connectivity index (χ4v) is 4.89. The van der Waals surface area contributed by atoms with Crippen molar-refractivity contribution < 1.29 is 9.32 Å². The highest BCUT2D eigenvalue weighted by Gasteiger charge is 2.27. The third kappa shape index (κ3) is 5.11. The smallest absolute Gasteiger partial charge is 0.123 e. The van der Waals surface area contributed by atoms with Gasteiger partial charge < -0.3 is 5.11 Å². The van der Waals surface area contributed by atoms with Crippen LogP contribution in [0.1, 0.15) is 63.8 Å². The number of hydrogen-bond donors (Lipinski definition) is 1. The van der Waals surface area contributed by atoms with Crippen LogP contribution in [-0.2, 0) is 27.4 Å². The van der Waals surface area contributed by atoms with Crippen molar-refractivity contribution in [1.82, 2.24) is 0 Å². The van der Waals surface area contributed by atoms with E-state index >= 15 is 0 Å². The van der Waals surface area contributed by atoms with Gasteiger partial charge in [-0.2, -0.15) is 5.26 Å². The lowest BCUT2D eigenvalue weighted by molar-refractivity contribution is 0.422. The first-order chi connectivity index (χ1) is 14.9. The number of hydrogen-bond acceptors (Lipinski definition) is 3. The highest BCUT2D eigenvalue weighted by molar-refractivity contribution is 7.84. The van der Waals surface area contributed by atoms with Gasteiger partial charge in [-0.15, -0.1) is 0 Å². The molecule has 0 saturated heterocycles. The minimum Gasteiger partial charge on any atom is -0.507 e. The Kier molecular flexibility index (Phi) is 6.62. The zero-order valence-corrected chi connectivity index (χ0v) is 20.5. The van der Waals surface area contributed by atoms with Crippen LogP contribution in [0.5, 0.6) is 5.75 Å². The molecular formula is C28H31NO2S. The summed E-state index contributed by atoms with van der Waals surface area (Å²) in [6, 6.07) is 21.4. The molecule has 3 aromatic rings. The van der Waals surface area contributed by atoms with E-state index < -0.39 is 10.8 Å². The number of phenolic OH excluding ortho intramolecular Hbond substituents is 1. The Morgan fingerprint density at radius 3 is 1.91 bits per heavy atom. The predicted octanol–water partition coefficient (Wildman–Crippen LogP) is 6.83. The summed E-state index contributed by atoms with van der Waals surface area (Å²) in [6.45, 7) is 12.3. The van der Waals surface area contributed by atoms with Gasteiger partial charge in [-0.25, -0.2) is 0 Å². The third-order valence-electron chi connectivity index (χ3n) is 5.57. The van der Waals surface area contributed by atoms with Crippen molar-refractivity contribution in [3.63, 3.8) is 0 Å². The van der Waals surface area contributed by atoms with Crippen molar-refractivity contribution in [2.75, 3.05) is 0 Å². The van der Waals surface area contributed by atoms with E-state index in [9.17, 15) is 14.6 Å². The molecule has 1 N–H and O–H groups in total. The number of nitriles is 1. The van der Waals surface area contributed by atoms with Crippen LogP contribution in [0.2, 0.25) is 0 Å². The minimum atomic E-state index is -1.25. The summed E-state index contributed by atoms with van der Waals surface area (Å²) in [6.07, 6.45) is 0. The Morgan fingerprint density at radius 2 is 1.41 bits per heavy atom. The molecule has 0 heterocycles. The molecule has 0 aliphatic heterocycles. The van der Waals surface area contributed by atoms with Gasteiger partial charge in [0.05, 0.1) is 28.2 Å². The first-order valence-electron chi connectivity index (χ1n) is 10.8. The quantitative estimate of drug-likeness (QED) is 0.478. The van der Waals surface area contributed by atoms with Crippen LogP contribution in [-0.4, -0.2) is 9.32 Å². The molecule has 0 spiro atoms. The molecule has 0 amide bonds. The molecule has 0 aliphatic rings. The summed E-state index contributed by atoms with van der Waals surface area (Å²) in [5, 5.41) is 20.3. The lowest BCUT2D eigenvalue weighted by atomic mass is 9.79. The second-order valence-corrected chi connectivity index (χ2v) is 11.7. The molecule has 0 saturated carbocycles.